The van der Waals surface area contributed by atoms with Gasteiger partial charge in [-0.3, -0.25) is 9.69 Å². The lowest BCUT2D eigenvalue weighted by molar-refractivity contribution is -0.122. The summed E-state index contributed by atoms with van der Waals surface area (Å²) in [5.41, 5.74) is 0. The molecular formula is C12H22N2O. The van der Waals surface area contributed by atoms with Crippen LogP contribution in [0.25, 0.3) is 0 Å². The van der Waals surface area contributed by atoms with E-state index in [1.807, 2.05) is 0 Å². The Balaban J connectivity index is 1.62. The first-order valence-corrected chi connectivity index (χ1v) is 6.13. The number of carbonyl (C=O) groups is 1. The first kappa shape index (κ1) is 10.9. The molecule has 2 aliphatic carbocycles. The van der Waals surface area contributed by atoms with E-state index in [2.05, 4.69) is 24.2 Å². The van der Waals surface area contributed by atoms with Crippen molar-refractivity contribution in [1.82, 2.24) is 10.2 Å². The van der Waals surface area contributed by atoms with Crippen LogP contribution in [0.1, 0.15) is 32.6 Å². The highest BCUT2D eigenvalue weighted by Gasteiger charge is 2.31. The van der Waals surface area contributed by atoms with Crippen molar-refractivity contribution < 1.29 is 4.79 Å². The van der Waals surface area contributed by atoms with Crippen molar-refractivity contribution in [1.29, 1.82) is 0 Å². The van der Waals surface area contributed by atoms with E-state index in [0.717, 1.165) is 18.4 Å². The molecule has 86 valence electrons. The molecule has 0 heterocycles. The molecular weight excluding hydrogens is 188 g/mol. The zero-order valence-corrected chi connectivity index (χ0v) is 9.83. The number of hydrogen-bond acceptors (Lipinski definition) is 2. The van der Waals surface area contributed by atoms with E-state index in [0.29, 0.717) is 12.6 Å². The van der Waals surface area contributed by atoms with Crippen LogP contribution in [0.2, 0.25) is 0 Å². The summed E-state index contributed by atoms with van der Waals surface area (Å²) in [5, 5.41) is 3.01. The van der Waals surface area contributed by atoms with Crippen LogP contribution in [0.15, 0.2) is 0 Å². The highest BCUT2D eigenvalue weighted by atomic mass is 16.2. The number of nitrogens with zero attached hydrogens (tertiary/aromatic N) is 1. The molecule has 0 aromatic carbocycles. The number of hydrogen-bond donors (Lipinski definition) is 1. The highest BCUT2D eigenvalue weighted by molar-refractivity contribution is 5.78. The van der Waals surface area contributed by atoms with Gasteiger partial charge in [0.2, 0.25) is 5.91 Å². The Morgan fingerprint density at radius 2 is 2.07 bits per heavy atom. The summed E-state index contributed by atoms with van der Waals surface area (Å²) >= 11 is 0. The molecule has 0 aliphatic heterocycles. The lowest BCUT2D eigenvalue weighted by Crippen LogP contribution is -2.40. The molecule has 0 spiro atoms. The lowest BCUT2D eigenvalue weighted by atomic mass is 10.2. The molecule has 2 saturated carbocycles. The van der Waals surface area contributed by atoms with Crippen LogP contribution in [0, 0.1) is 11.8 Å². The van der Waals surface area contributed by atoms with Crippen LogP contribution in [0.4, 0.5) is 0 Å². The summed E-state index contributed by atoms with van der Waals surface area (Å²) < 4.78 is 0. The maximum atomic E-state index is 11.6. The summed E-state index contributed by atoms with van der Waals surface area (Å²) in [6, 6.07) is 0.566. The molecule has 0 saturated heterocycles. The molecule has 1 N–H and O–H groups in total. The second kappa shape index (κ2) is 4.52. The van der Waals surface area contributed by atoms with Crippen LogP contribution >= 0.6 is 0 Å². The maximum absolute atomic E-state index is 11.6. The minimum atomic E-state index is 0.192. The average molecular weight is 210 g/mol. The van der Waals surface area contributed by atoms with Gasteiger partial charge in [0, 0.05) is 12.6 Å². The summed E-state index contributed by atoms with van der Waals surface area (Å²) in [6.07, 6.45) is 5.29. The molecule has 2 fully saturated rings. The molecule has 0 aromatic rings. The van der Waals surface area contributed by atoms with E-state index in [9.17, 15) is 4.79 Å². The van der Waals surface area contributed by atoms with Crippen molar-refractivity contribution in [3.63, 3.8) is 0 Å². The second-order valence-corrected chi connectivity index (χ2v) is 5.24. The van der Waals surface area contributed by atoms with Crippen LogP contribution in [-0.2, 0) is 4.79 Å². The number of rotatable bonds is 6. The van der Waals surface area contributed by atoms with Gasteiger partial charge >= 0.3 is 0 Å². The smallest absolute Gasteiger partial charge is 0.234 e. The molecule has 2 rings (SSSR count). The fourth-order valence-electron chi connectivity index (χ4n) is 1.95. The van der Waals surface area contributed by atoms with Crippen molar-refractivity contribution in [3.8, 4) is 0 Å². The van der Waals surface area contributed by atoms with Gasteiger partial charge in [-0.2, -0.15) is 0 Å². The summed E-state index contributed by atoms with van der Waals surface area (Å²) in [5.74, 6) is 1.81. The van der Waals surface area contributed by atoms with Gasteiger partial charge in [0.1, 0.15) is 0 Å². The molecule has 1 atom stereocenters. The van der Waals surface area contributed by atoms with E-state index in [4.69, 9.17) is 0 Å². The van der Waals surface area contributed by atoms with Gasteiger partial charge in [0.15, 0.2) is 0 Å². The normalized spacial score (nSPS) is 22.9. The highest BCUT2D eigenvalue weighted by Crippen LogP contribution is 2.34. The fraction of sp³-hybridized carbons (Fsp3) is 0.917. The molecule has 15 heavy (non-hydrogen) atoms. The van der Waals surface area contributed by atoms with Crippen LogP contribution in [0.5, 0.6) is 0 Å². The van der Waals surface area contributed by atoms with Gasteiger partial charge in [-0.1, -0.05) is 0 Å². The van der Waals surface area contributed by atoms with Gasteiger partial charge in [-0.15, -0.1) is 0 Å². The van der Waals surface area contributed by atoms with Crippen molar-refractivity contribution >= 4 is 5.91 Å². The number of likely N-dealkylation sites (N-methyl/N-ethyl adjacent to an activating group) is 1. The third-order valence-electron chi connectivity index (χ3n) is 3.68. The maximum Gasteiger partial charge on any atom is 0.234 e. The first-order valence-electron chi connectivity index (χ1n) is 6.13. The number of nitrogens with one attached hydrogen (secondary N) is 1. The Bertz CT molecular complexity index is 234. The Morgan fingerprint density at radius 3 is 2.60 bits per heavy atom. The molecule has 3 nitrogen and oxygen atoms in total. The minimum absolute atomic E-state index is 0.192. The van der Waals surface area contributed by atoms with Gasteiger partial charge < -0.3 is 5.32 Å². The zero-order valence-electron chi connectivity index (χ0n) is 9.83. The largest absolute Gasteiger partial charge is 0.355 e. The summed E-state index contributed by atoms with van der Waals surface area (Å²) in [7, 11) is 2.06. The third-order valence-corrected chi connectivity index (χ3v) is 3.68. The summed E-state index contributed by atoms with van der Waals surface area (Å²) in [4.78, 5) is 13.8. The van der Waals surface area contributed by atoms with Crippen LogP contribution < -0.4 is 5.32 Å². The molecule has 1 unspecified atom stereocenters. The van der Waals surface area contributed by atoms with Crippen LogP contribution in [-0.4, -0.2) is 37.0 Å². The lowest BCUT2D eigenvalue weighted by Gasteiger charge is -2.23. The van der Waals surface area contributed by atoms with Gasteiger partial charge in [-0.05, 0) is 51.5 Å². The van der Waals surface area contributed by atoms with Gasteiger partial charge in [0.25, 0.3) is 0 Å². The topological polar surface area (TPSA) is 32.3 Å². The molecule has 3 heteroatoms. The first-order chi connectivity index (χ1) is 7.16. The quantitative estimate of drug-likeness (QED) is 0.715. The Hall–Kier alpha value is -0.570. The Morgan fingerprint density at radius 1 is 1.40 bits per heavy atom. The zero-order chi connectivity index (χ0) is 10.8. The Labute approximate surface area is 92.2 Å². The Kier molecular flexibility index (Phi) is 3.29. The fourth-order valence-corrected chi connectivity index (χ4v) is 1.95. The molecule has 0 radical (unpaired) electrons. The predicted molar refractivity (Wildman–Crippen MR) is 60.5 cm³/mol. The molecule has 0 bridgehead atoms. The van der Waals surface area contributed by atoms with Gasteiger partial charge in [0.05, 0.1) is 6.54 Å². The predicted octanol–water partition coefficient (Wildman–Crippen LogP) is 1.24. The van der Waals surface area contributed by atoms with E-state index >= 15 is 0 Å². The third kappa shape index (κ3) is 3.49. The van der Waals surface area contributed by atoms with E-state index in [1.165, 1.54) is 25.7 Å². The number of amides is 1. The van der Waals surface area contributed by atoms with Crippen molar-refractivity contribution in [2.45, 2.75) is 38.6 Å². The molecule has 1 amide bonds. The van der Waals surface area contributed by atoms with Gasteiger partial charge in [-0.25, -0.2) is 0 Å². The average Bonchev–Trinajstić information content (AvgIpc) is 3.02. The van der Waals surface area contributed by atoms with Crippen molar-refractivity contribution in [2.24, 2.45) is 11.8 Å². The van der Waals surface area contributed by atoms with Crippen LogP contribution in [0.3, 0.4) is 0 Å². The monoisotopic (exact) mass is 210 g/mol. The van der Waals surface area contributed by atoms with Crippen molar-refractivity contribution in [2.75, 3.05) is 20.1 Å². The minimum Gasteiger partial charge on any atom is -0.355 e. The standard InChI is InChI=1S/C12H22N2O/c1-9(11-5-6-11)14(2)8-12(15)13-7-10-3-4-10/h9-11H,3-8H2,1-2H3,(H,13,15). The van der Waals surface area contributed by atoms with E-state index < -0.39 is 0 Å². The second-order valence-electron chi connectivity index (χ2n) is 5.24. The van der Waals surface area contributed by atoms with E-state index in [1.54, 1.807) is 0 Å². The summed E-state index contributed by atoms with van der Waals surface area (Å²) in [6.45, 7) is 3.68. The SMILES string of the molecule is CC(C1CC1)N(C)CC(=O)NCC1CC1. The van der Waals surface area contributed by atoms with Crippen molar-refractivity contribution in [3.05, 3.63) is 0 Å². The molecule has 2 aliphatic rings. The van der Waals surface area contributed by atoms with E-state index in [-0.39, 0.29) is 5.91 Å². The number of carbonyl (C=O) groups excluding carboxylic acids is 1. The molecule has 0 aromatic heterocycles.